The number of carbonyl (C=O) groups excluding carboxylic acids is 1. The molecule has 0 atom stereocenters. The van der Waals surface area contributed by atoms with Crippen LogP contribution in [0.3, 0.4) is 0 Å². The average Bonchev–Trinajstić information content (AvgIpc) is 2.92. The molecule has 2 rings (SSSR count). The van der Waals surface area contributed by atoms with Gasteiger partial charge in [0, 0.05) is 6.42 Å². The second kappa shape index (κ2) is 6.97. The second-order valence-electron chi connectivity index (χ2n) is 3.99. The Bertz CT molecular complexity index is 696. The Kier molecular flexibility index (Phi) is 5.04. The summed E-state index contributed by atoms with van der Waals surface area (Å²) >= 11 is 1.11. The van der Waals surface area contributed by atoms with Crippen LogP contribution in [0.2, 0.25) is 0 Å². The topological polar surface area (TPSA) is 49.3 Å². The number of hydrogen-bond donors (Lipinski definition) is 2. The van der Waals surface area contributed by atoms with Gasteiger partial charge in [0.2, 0.25) is 0 Å². The molecule has 2 aromatic rings. The first-order valence-corrected chi connectivity index (χ1v) is 6.88. The maximum Gasteiger partial charge on any atom is 0.265 e. The zero-order valence-electron chi connectivity index (χ0n) is 10.8. The van der Waals surface area contributed by atoms with Crippen LogP contribution in [0.1, 0.15) is 21.0 Å². The number of rotatable bonds is 3. The molecule has 0 unspecified atom stereocenters. The van der Waals surface area contributed by atoms with E-state index in [9.17, 15) is 13.6 Å². The van der Waals surface area contributed by atoms with Crippen LogP contribution in [0.4, 0.5) is 14.5 Å². The molecule has 0 bridgehead atoms. The van der Waals surface area contributed by atoms with E-state index in [0.29, 0.717) is 16.2 Å². The predicted octanol–water partition coefficient (Wildman–Crippen LogP) is 3.01. The smallest absolute Gasteiger partial charge is 0.265 e. The molecule has 108 valence electrons. The minimum Gasteiger partial charge on any atom is -0.395 e. The molecule has 1 heterocycles. The van der Waals surface area contributed by atoms with Gasteiger partial charge in [0.1, 0.15) is 17.3 Å². The van der Waals surface area contributed by atoms with Gasteiger partial charge in [-0.2, -0.15) is 0 Å². The van der Waals surface area contributed by atoms with Gasteiger partial charge >= 0.3 is 0 Å². The number of amides is 1. The van der Waals surface area contributed by atoms with Crippen molar-refractivity contribution >= 4 is 22.9 Å². The molecule has 0 saturated carbocycles. The number of benzene rings is 1. The summed E-state index contributed by atoms with van der Waals surface area (Å²) in [6.07, 6.45) is 0.347. The van der Waals surface area contributed by atoms with E-state index in [2.05, 4.69) is 17.2 Å². The molecule has 0 spiro atoms. The molecule has 0 radical (unpaired) electrons. The normalized spacial score (nSPS) is 9.86. The highest BCUT2D eigenvalue weighted by Crippen LogP contribution is 2.21. The number of aliphatic hydroxyl groups is 1. The molecular formula is C15H11F2NO2S. The van der Waals surface area contributed by atoms with E-state index in [-0.39, 0.29) is 6.61 Å². The van der Waals surface area contributed by atoms with E-state index >= 15 is 0 Å². The van der Waals surface area contributed by atoms with Crippen molar-refractivity contribution in [1.29, 1.82) is 0 Å². The predicted molar refractivity (Wildman–Crippen MR) is 77.2 cm³/mol. The zero-order chi connectivity index (χ0) is 15.2. The SMILES string of the molecule is O=C(Nc1c(F)cccc1F)c1ccc(C#CCCO)s1. The fourth-order valence-corrected chi connectivity index (χ4v) is 2.30. The third-order valence-electron chi connectivity index (χ3n) is 2.48. The Morgan fingerprint density at radius 2 is 1.95 bits per heavy atom. The molecule has 21 heavy (non-hydrogen) atoms. The van der Waals surface area contributed by atoms with Crippen molar-refractivity contribution < 1.29 is 18.7 Å². The molecule has 0 fully saturated rings. The Morgan fingerprint density at radius 3 is 2.62 bits per heavy atom. The van der Waals surface area contributed by atoms with Crippen LogP contribution >= 0.6 is 11.3 Å². The van der Waals surface area contributed by atoms with Crippen LogP contribution in [0.5, 0.6) is 0 Å². The average molecular weight is 307 g/mol. The second-order valence-corrected chi connectivity index (χ2v) is 5.07. The highest BCUT2D eigenvalue weighted by Gasteiger charge is 2.14. The molecule has 0 aliphatic rings. The van der Waals surface area contributed by atoms with Gasteiger partial charge in [-0.1, -0.05) is 17.9 Å². The van der Waals surface area contributed by atoms with Crippen molar-refractivity contribution in [3.05, 3.63) is 51.7 Å². The van der Waals surface area contributed by atoms with Crippen LogP contribution in [0, 0.1) is 23.5 Å². The molecular weight excluding hydrogens is 296 g/mol. The van der Waals surface area contributed by atoms with Gasteiger partial charge in [-0.3, -0.25) is 4.79 Å². The summed E-state index contributed by atoms with van der Waals surface area (Å²) < 4.78 is 26.9. The van der Waals surface area contributed by atoms with Gasteiger partial charge < -0.3 is 10.4 Å². The van der Waals surface area contributed by atoms with E-state index in [1.54, 1.807) is 6.07 Å². The van der Waals surface area contributed by atoms with Gasteiger partial charge in [-0.25, -0.2) is 8.78 Å². The summed E-state index contributed by atoms with van der Waals surface area (Å²) in [6.45, 7) is -0.0295. The lowest BCUT2D eigenvalue weighted by molar-refractivity contribution is 0.102. The van der Waals surface area contributed by atoms with E-state index in [1.165, 1.54) is 12.1 Å². The van der Waals surface area contributed by atoms with E-state index < -0.39 is 23.2 Å². The lowest BCUT2D eigenvalue weighted by Crippen LogP contribution is -2.12. The summed E-state index contributed by atoms with van der Waals surface area (Å²) in [5.41, 5.74) is -0.469. The Balaban J connectivity index is 2.13. The minimum atomic E-state index is -0.831. The van der Waals surface area contributed by atoms with Crippen LogP contribution in [-0.4, -0.2) is 17.6 Å². The lowest BCUT2D eigenvalue weighted by Gasteiger charge is -2.05. The highest BCUT2D eigenvalue weighted by atomic mass is 32.1. The number of thiophene rings is 1. The lowest BCUT2D eigenvalue weighted by atomic mass is 10.3. The van der Waals surface area contributed by atoms with Crippen LogP contribution in [0.15, 0.2) is 30.3 Å². The standard InChI is InChI=1S/C15H11F2NO2S/c16-11-5-3-6-12(17)14(11)18-15(20)13-8-7-10(21-13)4-1-2-9-19/h3,5-8,19H,2,9H2,(H,18,20). The van der Waals surface area contributed by atoms with Crippen LogP contribution in [0.25, 0.3) is 0 Å². The third-order valence-corrected chi connectivity index (χ3v) is 3.48. The number of halogens is 2. The van der Waals surface area contributed by atoms with Gasteiger partial charge in [0.15, 0.2) is 0 Å². The number of carbonyl (C=O) groups is 1. The first-order chi connectivity index (χ1) is 10.1. The van der Waals surface area contributed by atoms with Crippen LogP contribution < -0.4 is 5.32 Å². The first-order valence-electron chi connectivity index (χ1n) is 6.06. The highest BCUT2D eigenvalue weighted by molar-refractivity contribution is 7.14. The van der Waals surface area contributed by atoms with E-state index in [1.807, 2.05) is 0 Å². The van der Waals surface area contributed by atoms with Crippen molar-refractivity contribution in [3.8, 4) is 11.8 Å². The molecule has 1 amide bonds. The molecule has 0 aliphatic carbocycles. The Morgan fingerprint density at radius 1 is 1.24 bits per heavy atom. The fraction of sp³-hybridized carbons (Fsp3) is 0.133. The summed E-state index contributed by atoms with van der Waals surface area (Å²) in [5.74, 6) is 3.26. The quantitative estimate of drug-likeness (QED) is 0.856. The molecule has 2 N–H and O–H groups in total. The Hall–Kier alpha value is -2.23. The van der Waals surface area contributed by atoms with Gasteiger partial charge in [0.25, 0.3) is 5.91 Å². The summed E-state index contributed by atoms with van der Waals surface area (Å²) in [4.78, 5) is 12.9. The van der Waals surface area contributed by atoms with Gasteiger partial charge in [0.05, 0.1) is 16.4 Å². The summed E-state index contributed by atoms with van der Waals surface area (Å²) in [7, 11) is 0. The molecule has 3 nitrogen and oxygen atoms in total. The molecule has 1 aromatic heterocycles. The maximum atomic E-state index is 13.4. The number of para-hydroxylation sites is 1. The van der Waals surface area contributed by atoms with E-state index in [4.69, 9.17) is 5.11 Å². The largest absolute Gasteiger partial charge is 0.395 e. The van der Waals surface area contributed by atoms with Crippen molar-refractivity contribution in [2.75, 3.05) is 11.9 Å². The van der Waals surface area contributed by atoms with Crippen molar-refractivity contribution in [1.82, 2.24) is 0 Å². The molecule has 0 aliphatic heterocycles. The third kappa shape index (κ3) is 3.88. The van der Waals surface area contributed by atoms with Crippen molar-refractivity contribution in [3.63, 3.8) is 0 Å². The number of aliphatic hydroxyl groups excluding tert-OH is 1. The minimum absolute atomic E-state index is 0.0295. The van der Waals surface area contributed by atoms with Gasteiger partial charge in [-0.15, -0.1) is 11.3 Å². The number of nitrogens with one attached hydrogen (secondary N) is 1. The van der Waals surface area contributed by atoms with Crippen molar-refractivity contribution in [2.45, 2.75) is 6.42 Å². The first kappa shape index (κ1) is 15.2. The zero-order valence-corrected chi connectivity index (χ0v) is 11.6. The summed E-state index contributed by atoms with van der Waals surface area (Å²) in [6, 6.07) is 6.53. The maximum absolute atomic E-state index is 13.4. The fourth-order valence-electron chi connectivity index (χ4n) is 1.52. The molecule has 6 heteroatoms. The Labute approximate surface area is 124 Å². The number of hydrogen-bond acceptors (Lipinski definition) is 3. The van der Waals surface area contributed by atoms with E-state index in [0.717, 1.165) is 23.5 Å². The van der Waals surface area contributed by atoms with Crippen LogP contribution in [-0.2, 0) is 0 Å². The molecule has 0 saturated heterocycles. The number of anilines is 1. The summed E-state index contributed by atoms with van der Waals surface area (Å²) in [5, 5.41) is 10.8. The molecule has 1 aromatic carbocycles. The monoisotopic (exact) mass is 307 g/mol. The van der Waals surface area contributed by atoms with Gasteiger partial charge in [-0.05, 0) is 24.3 Å². The van der Waals surface area contributed by atoms with Crippen molar-refractivity contribution in [2.24, 2.45) is 0 Å².